The first-order chi connectivity index (χ1) is 9.00. The molecule has 0 saturated carbocycles. The molecule has 1 rings (SSSR count). The van der Waals surface area contributed by atoms with E-state index >= 15 is 0 Å². The highest BCUT2D eigenvalue weighted by Crippen LogP contribution is 2.07. The first-order valence-electron chi connectivity index (χ1n) is 7.28. The van der Waals surface area contributed by atoms with E-state index in [1.165, 1.54) is 26.2 Å². The van der Waals surface area contributed by atoms with E-state index in [9.17, 15) is 9.59 Å². The molecule has 0 aliphatic carbocycles. The molecular formula is C14H27N3O2. The number of carbonyl (C=O) groups excluding carboxylic acids is 2. The van der Waals surface area contributed by atoms with E-state index < -0.39 is 6.04 Å². The molecule has 5 nitrogen and oxygen atoms in total. The maximum Gasteiger partial charge on any atom is 0.242 e. The SMILES string of the molecule is CC(=O)NC(C(=O)NCCN1CCCCC1)C(C)C. The summed E-state index contributed by atoms with van der Waals surface area (Å²) < 4.78 is 0. The van der Waals surface area contributed by atoms with Crippen molar-refractivity contribution in [3.8, 4) is 0 Å². The van der Waals surface area contributed by atoms with Crippen LogP contribution in [0, 0.1) is 5.92 Å². The lowest BCUT2D eigenvalue weighted by molar-refractivity contribution is -0.129. The largest absolute Gasteiger partial charge is 0.353 e. The Bertz CT molecular complexity index is 299. The first-order valence-corrected chi connectivity index (χ1v) is 7.28. The van der Waals surface area contributed by atoms with Crippen LogP contribution in [-0.2, 0) is 9.59 Å². The van der Waals surface area contributed by atoms with Crippen LogP contribution in [0.3, 0.4) is 0 Å². The fourth-order valence-corrected chi connectivity index (χ4v) is 2.38. The predicted octanol–water partition coefficient (Wildman–Crippen LogP) is 0.749. The Balaban J connectivity index is 2.29. The summed E-state index contributed by atoms with van der Waals surface area (Å²) in [6.45, 7) is 9.13. The number of nitrogens with zero attached hydrogens (tertiary/aromatic N) is 1. The van der Waals surface area contributed by atoms with Crippen LogP contribution in [0.1, 0.15) is 40.0 Å². The van der Waals surface area contributed by atoms with E-state index in [2.05, 4.69) is 15.5 Å². The van der Waals surface area contributed by atoms with E-state index in [4.69, 9.17) is 0 Å². The van der Waals surface area contributed by atoms with Crippen LogP contribution in [0.4, 0.5) is 0 Å². The highest BCUT2D eigenvalue weighted by molar-refractivity contribution is 5.86. The minimum Gasteiger partial charge on any atom is -0.353 e. The van der Waals surface area contributed by atoms with Crippen molar-refractivity contribution in [2.24, 2.45) is 5.92 Å². The summed E-state index contributed by atoms with van der Waals surface area (Å²) in [6, 6.07) is -0.432. The lowest BCUT2D eigenvalue weighted by Crippen LogP contribution is -2.50. The fourth-order valence-electron chi connectivity index (χ4n) is 2.38. The Kier molecular flexibility index (Phi) is 6.84. The van der Waals surface area contributed by atoms with E-state index in [0.29, 0.717) is 6.54 Å². The summed E-state index contributed by atoms with van der Waals surface area (Å²) in [5.74, 6) is -0.147. The number of amides is 2. The van der Waals surface area contributed by atoms with Crippen LogP contribution in [0.15, 0.2) is 0 Å². The number of rotatable bonds is 6. The number of nitrogens with one attached hydrogen (secondary N) is 2. The number of hydrogen-bond donors (Lipinski definition) is 2. The molecule has 1 aliphatic heterocycles. The molecule has 0 aromatic heterocycles. The van der Waals surface area contributed by atoms with Gasteiger partial charge in [0.05, 0.1) is 0 Å². The van der Waals surface area contributed by atoms with E-state index in [0.717, 1.165) is 19.6 Å². The van der Waals surface area contributed by atoms with Crippen molar-refractivity contribution in [1.29, 1.82) is 0 Å². The van der Waals surface area contributed by atoms with Crippen LogP contribution < -0.4 is 10.6 Å². The minimum absolute atomic E-state index is 0.0813. The summed E-state index contributed by atoms with van der Waals surface area (Å²) in [7, 11) is 0. The Morgan fingerprint density at radius 1 is 1.16 bits per heavy atom. The van der Waals surface area contributed by atoms with E-state index in [-0.39, 0.29) is 17.7 Å². The van der Waals surface area contributed by atoms with Crippen LogP contribution in [0.5, 0.6) is 0 Å². The van der Waals surface area contributed by atoms with Crippen molar-refractivity contribution >= 4 is 11.8 Å². The lowest BCUT2D eigenvalue weighted by atomic mass is 10.0. The molecule has 0 radical (unpaired) electrons. The van der Waals surface area contributed by atoms with Crippen LogP contribution in [0.25, 0.3) is 0 Å². The summed E-state index contributed by atoms with van der Waals surface area (Å²) in [6.07, 6.45) is 3.84. The zero-order valence-electron chi connectivity index (χ0n) is 12.4. The minimum atomic E-state index is -0.432. The molecule has 0 bridgehead atoms. The third-order valence-corrected chi connectivity index (χ3v) is 3.48. The standard InChI is InChI=1S/C14H27N3O2/c1-11(2)13(16-12(3)18)14(19)15-7-10-17-8-5-4-6-9-17/h11,13H,4-10H2,1-3H3,(H,15,19)(H,16,18). The second-order valence-corrected chi connectivity index (χ2v) is 5.62. The number of likely N-dealkylation sites (tertiary alicyclic amines) is 1. The van der Waals surface area contributed by atoms with Gasteiger partial charge >= 0.3 is 0 Å². The fraction of sp³-hybridized carbons (Fsp3) is 0.857. The van der Waals surface area contributed by atoms with Gasteiger partial charge in [-0.25, -0.2) is 0 Å². The van der Waals surface area contributed by atoms with Gasteiger partial charge in [0.15, 0.2) is 0 Å². The van der Waals surface area contributed by atoms with Crippen LogP contribution in [-0.4, -0.2) is 48.9 Å². The quantitative estimate of drug-likeness (QED) is 0.748. The van der Waals surface area contributed by atoms with Gasteiger partial charge in [-0.1, -0.05) is 20.3 Å². The monoisotopic (exact) mass is 269 g/mol. The average Bonchev–Trinajstić information content (AvgIpc) is 2.36. The van der Waals surface area contributed by atoms with Gasteiger partial charge in [0, 0.05) is 20.0 Å². The summed E-state index contributed by atoms with van der Waals surface area (Å²) in [5, 5.41) is 5.62. The molecule has 1 saturated heterocycles. The molecule has 110 valence electrons. The van der Waals surface area contributed by atoms with Gasteiger partial charge in [-0.05, 0) is 31.8 Å². The molecule has 0 aromatic rings. The molecule has 2 N–H and O–H groups in total. The molecule has 1 atom stereocenters. The summed E-state index contributed by atoms with van der Waals surface area (Å²) in [4.78, 5) is 25.5. The maximum atomic E-state index is 12.0. The Labute approximate surface area is 116 Å². The Morgan fingerprint density at radius 3 is 2.32 bits per heavy atom. The van der Waals surface area contributed by atoms with Crippen molar-refractivity contribution in [3.05, 3.63) is 0 Å². The van der Waals surface area contributed by atoms with E-state index in [1.807, 2.05) is 13.8 Å². The molecule has 1 aliphatic rings. The zero-order chi connectivity index (χ0) is 14.3. The van der Waals surface area contributed by atoms with Crippen LogP contribution >= 0.6 is 0 Å². The highest BCUT2D eigenvalue weighted by atomic mass is 16.2. The molecular weight excluding hydrogens is 242 g/mol. The third kappa shape index (κ3) is 6.05. The van der Waals surface area contributed by atoms with Crippen molar-refractivity contribution in [2.45, 2.75) is 46.1 Å². The second kappa shape index (κ2) is 8.15. The predicted molar refractivity (Wildman–Crippen MR) is 75.7 cm³/mol. The normalized spacial score (nSPS) is 18.1. The number of hydrogen-bond acceptors (Lipinski definition) is 3. The molecule has 5 heteroatoms. The molecule has 2 amide bonds. The van der Waals surface area contributed by atoms with Crippen molar-refractivity contribution in [3.63, 3.8) is 0 Å². The lowest BCUT2D eigenvalue weighted by Gasteiger charge is -2.27. The molecule has 0 spiro atoms. The smallest absolute Gasteiger partial charge is 0.242 e. The third-order valence-electron chi connectivity index (χ3n) is 3.48. The second-order valence-electron chi connectivity index (χ2n) is 5.62. The number of piperidine rings is 1. The molecule has 19 heavy (non-hydrogen) atoms. The molecule has 1 fully saturated rings. The van der Waals surface area contributed by atoms with Crippen LogP contribution in [0.2, 0.25) is 0 Å². The van der Waals surface area contributed by atoms with Gasteiger partial charge in [-0.3, -0.25) is 9.59 Å². The van der Waals surface area contributed by atoms with Gasteiger partial charge in [-0.2, -0.15) is 0 Å². The summed E-state index contributed by atoms with van der Waals surface area (Å²) >= 11 is 0. The van der Waals surface area contributed by atoms with Gasteiger partial charge in [0.25, 0.3) is 0 Å². The molecule has 0 aromatic carbocycles. The van der Waals surface area contributed by atoms with Gasteiger partial charge in [0.2, 0.25) is 11.8 Å². The summed E-state index contributed by atoms with van der Waals surface area (Å²) in [5.41, 5.74) is 0. The maximum absolute atomic E-state index is 12.0. The van der Waals surface area contributed by atoms with Crippen molar-refractivity contribution < 1.29 is 9.59 Å². The zero-order valence-corrected chi connectivity index (χ0v) is 12.4. The van der Waals surface area contributed by atoms with Crippen molar-refractivity contribution in [1.82, 2.24) is 15.5 Å². The Hall–Kier alpha value is -1.10. The number of carbonyl (C=O) groups is 2. The van der Waals surface area contributed by atoms with Gasteiger partial charge in [0.1, 0.15) is 6.04 Å². The Morgan fingerprint density at radius 2 is 1.79 bits per heavy atom. The van der Waals surface area contributed by atoms with Gasteiger partial charge in [-0.15, -0.1) is 0 Å². The molecule has 1 heterocycles. The first kappa shape index (κ1) is 16.0. The molecule has 1 unspecified atom stereocenters. The highest BCUT2D eigenvalue weighted by Gasteiger charge is 2.22. The van der Waals surface area contributed by atoms with Crippen molar-refractivity contribution in [2.75, 3.05) is 26.2 Å². The van der Waals surface area contributed by atoms with E-state index in [1.54, 1.807) is 0 Å². The van der Waals surface area contributed by atoms with Gasteiger partial charge < -0.3 is 15.5 Å². The average molecular weight is 269 g/mol. The topological polar surface area (TPSA) is 61.4 Å².